The molecule has 0 aromatic heterocycles. The molecule has 3 aromatic rings. The van der Waals surface area contributed by atoms with Gasteiger partial charge in [-0.25, -0.2) is 0 Å². The van der Waals surface area contributed by atoms with Crippen molar-refractivity contribution in [3.63, 3.8) is 0 Å². The number of aliphatic hydroxyl groups excluding tert-OH is 1. The summed E-state index contributed by atoms with van der Waals surface area (Å²) < 4.78 is 11.6. The van der Waals surface area contributed by atoms with Crippen molar-refractivity contribution < 1.29 is 19.4 Å². The highest BCUT2D eigenvalue weighted by molar-refractivity contribution is 5.77. The molecule has 170 valence electrons. The van der Waals surface area contributed by atoms with Gasteiger partial charge >= 0.3 is 0 Å². The molecule has 0 spiro atoms. The molecule has 33 heavy (non-hydrogen) atoms. The van der Waals surface area contributed by atoms with E-state index < -0.39 is 6.10 Å². The van der Waals surface area contributed by atoms with Crippen LogP contribution in [0, 0.1) is 0 Å². The highest BCUT2D eigenvalue weighted by Crippen LogP contribution is 2.14. The minimum Gasteiger partial charge on any atom is -0.490 e. The Hall–Kier alpha value is -3.67. The van der Waals surface area contributed by atoms with Crippen LogP contribution in [-0.4, -0.2) is 24.1 Å². The molecule has 0 aliphatic carbocycles. The summed E-state index contributed by atoms with van der Waals surface area (Å²) in [4.78, 5) is 11.7. The highest BCUT2D eigenvalue weighted by Gasteiger charge is 2.14. The van der Waals surface area contributed by atoms with E-state index in [0.717, 1.165) is 23.0 Å². The standard InChI is InChI=1S/C28H29NO4/c30-19-26(18-29-17-23-10-4-1-5-11-23)16-28(33-21-25-14-8-3-9-15-25)27(31)22-32-20-24-12-6-2-7-13-24/h1-16,18-19,27,29,31H,17,20-22H2/b26-18+,28-16-/t27-/m1/s1. The van der Waals surface area contributed by atoms with Gasteiger partial charge in [-0.15, -0.1) is 0 Å². The van der Waals surface area contributed by atoms with Crippen LogP contribution in [0.4, 0.5) is 0 Å². The molecule has 0 heterocycles. The minimum absolute atomic E-state index is 0.0408. The molecule has 3 aromatic carbocycles. The van der Waals surface area contributed by atoms with Crippen LogP contribution in [0.25, 0.3) is 0 Å². The lowest BCUT2D eigenvalue weighted by Crippen LogP contribution is -2.20. The number of allylic oxidation sites excluding steroid dienone is 2. The van der Waals surface area contributed by atoms with E-state index in [2.05, 4.69) is 5.32 Å². The molecule has 0 aliphatic heterocycles. The Bertz CT molecular complexity index is 1020. The molecule has 5 nitrogen and oxygen atoms in total. The van der Waals surface area contributed by atoms with Gasteiger partial charge in [0.15, 0.2) is 6.29 Å². The minimum atomic E-state index is -1.02. The van der Waals surface area contributed by atoms with Crippen LogP contribution in [-0.2, 0) is 34.0 Å². The summed E-state index contributed by atoms with van der Waals surface area (Å²) in [6.45, 7) is 1.26. The van der Waals surface area contributed by atoms with Crippen LogP contribution in [0.1, 0.15) is 16.7 Å². The summed E-state index contributed by atoms with van der Waals surface area (Å²) in [6, 6.07) is 29.3. The van der Waals surface area contributed by atoms with E-state index in [0.29, 0.717) is 18.7 Å². The van der Waals surface area contributed by atoms with Gasteiger partial charge in [0.1, 0.15) is 18.5 Å². The third-order valence-electron chi connectivity index (χ3n) is 4.83. The topological polar surface area (TPSA) is 67.8 Å². The fourth-order valence-corrected chi connectivity index (χ4v) is 3.08. The van der Waals surface area contributed by atoms with E-state index in [1.807, 2.05) is 91.0 Å². The number of hydrogen-bond donors (Lipinski definition) is 2. The number of rotatable bonds is 13. The second-order valence-electron chi connectivity index (χ2n) is 7.47. The number of aldehydes is 1. The Morgan fingerprint density at radius 3 is 1.94 bits per heavy atom. The maximum absolute atomic E-state index is 11.7. The van der Waals surface area contributed by atoms with Gasteiger partial charge in [-0.3, -0.25) is 4.79 Å². The van der Waals surface area contributed by atoms with Gasteiger partial charge in [0.25, 0.3) is 0 Å². The Labute approximate surface area is 195 Å². The van der Waals surface area contributed by atoms with Crippen molar-refractivity contribution in [2.45, 2.75) is 25.9 Å². The molecule has 3 rings (SSSR count). The number of nitrogens with one attached hydrogen (secondary N) is 1. The zero-order valence-electron chi connectivity index (χ0n) is 18.5. The molecular weight excluding hydrogens is 414 g/mol. The van der Waals surface area contributed by atoms with Gasteiger partial charge in [-0.1, -0.05) is 91.0 Å². The number of ether oxygens (including phenoxy) is 2. The van der Waals surface area contributed by atoms with E-state index in [4.69, 9.17) is 9.47 Å². The molecule has 0 saturated heterocycles. The van der Waals surface area contributed by atoms with Gasteiger partial charge < -0.3 is 19.9 Å². The first-order chi connectivity index (χ1) is 16.2. The van der Waals surface area contributed by atoms with Gasteiger partial charge in [0.05, 0.1) is 13.2 Å². The Kier molecular flexibility index (Phi) is 9.94. The molecule has 1 atom stereocenters. The average molecular weight is 444 g/mol. The van der Waals surface area contributed by atoms with Crippen molar-refractivity contribution in [2.24, 2.45) is 0 Å². The van der Waals surface area contributed by atoms with Crippen LogP contribution < -0.4 is 5.32 Å². The number of carbonyl (C=O) groups is 1. The predicted molar refractivity (Wildman–Crippen MR) is 129 cm³/mol. The maximum Gasteiger partial charge on any atom is 0.151 e. The summed E-state index contributed by atoms with van der Waals surface area (Å²) in [5, 5.41) is 13.9. The Morgan fingerprint density at radius 2 is 1.36 bits per heavy atom. The zero-order valence-corrected chi connectivity index (χ0v) is 18.5. The van der Waals surface area contributed by atoms with Crippen molar-refractivity contribution in [1.29, 1.82) is 0 Å². The summed E-state index contributed by atoms with van der Waals surface area (Å²) in [5.74, 6) is 0.270. The predicted octanol–water partition coefficient (Wildman–Crippen LogP) is 4.54. The normalized spacial score (nSPS) is 12.8. The van der Waals surface area contributed by atoms with Crippen LogP contribution in [0.5, 0.6) is 0 Å². The summed E-state index contributed by atoms with van der Waals surface area (Å²) >= 11 is 0. The Balaban J connectivity index is 1.65. The molecule has 0 radical (unpaired) electrons. The first kappa shape index (κ1) is 24.0. The highest BCUT2D eigenvalue weighted by atomic mass is 16.5. The van der Waals surface area contributed by atoms with Gasteiger partial charge in [0.2, 0.25) is 0 Å². The third-order valence-corrected chi connectivity index (χ3v) is 4.83. The van der Waals surface area contributed by atoms with Crippen LogP contribution >= 0.6 is 0 Å². The SMILES string of the molecule is O=CC(/C=C(\OCc1ccccc1)[C@H](O)COCc1ccccc1)=C/NCc1ccccc1. The van der Waals surface area contributed by atoms with E-state index in [1.165, 1.54) is 0 Å². The molecular formula is C28H29NO4. The fraction of sp³-hybridized carbons (Fsp3) is 0.179. The van der Waals surface area contributed by atoms with E-state index >= 15 is 0 Å². The molecule has 0 amide bonds. The quantitative estimate of drug-likeness (QED) is 0.176. The van der Waals surface area contributed by atoms with Gasteiger partial charge in [-0.05, 0) is 22.8 Å². The second-order valence-corrected chi connectivity index (χ2v) is 7.47. The van der Waals surface area contributed by atoms with Crippen LogP contribution in [0.2, 0.25) is 0 Å². The second kappa shape index (κ2) is 13.7. The summed E-state index contributed by atoms with van der Waals surface area (Å²) in [7, 11) is 0. The largest absolute Gasteiger partial charge is 0.490 e. The van der Waals surface area contributed by atoms with Crippen LogP contribution in [0.15, 0.2) is 115 Å². The smallest absolute Gasteiger partial charge is 0.151 e. The fourth-order valence-electron chi connectivity index (χ4n) is 3.08. The van der Waals surface area contributed by atoms with Gasteiger partial charge in [-0.2, -0.15) is 0 Å². The number of carbonyl (C=O) groups excluding carboxylic acids is 1. The molecule has 0 aliphatic rings. The van der Waals surface area contributed by atoms with E-state index in [-0.39, 0.29) is 19.0 Å². The first-order valence-electron chi connectivity index (χ1n) is 10.9. The van der Waals surface area contributed by atoms with E-state index in [9.17, 15) is 9.90 Å². The van der Waals surface area contributed by atoms with Crippen LogP contribution in [0.3, 0.4) is 0 Å². The number of benzene rings is 3. The average Bonchev–Trinajstić information content (AvgIpc) is 2.87. The van der Waals surface area contributed by atoms with Gasteiger partial charge in [0, 0.05) is 18.3 Å². The molecule has 5 heteroatoms. The molecule has 0 saturated carbocycles. The van der Waals surface area contributed by atoms with Crippen molar-refractivity contribution in [3.8, 4) is 0 Å². The monoisotopic (exact) mass is 443 g/mol. The van der Waals surface area contributed by atoms with Crippen molar-refractivity contribution in [2.75, 3.05) is 6.61 Å². The number of aliphatic hydroxyl groups is 1. The summed E-state index contributed by atoms with van der Waals surface area (Å²) in [6.07, 6.45) is 2.87. The van der Waals surface area contributed by atoms with Crippen molar-refractivity contribution in [3.05, 3.63) is 131 Å². The summed E-state index contributed by atoms with van der Waals surface area (Å²) in [5.41, 5.74) is 3.42. The molecule has 0 fully saturated rings. The molecule has 0 unspecified atom stereocenters. The maximum atomic E-state index is 11.7. The molecule has 0 bridgehead atoms. The Morgan fingerprint density at radius 1 is 0.818 bits per heavy atom. The first-order valence-corrected chi connectivity index (χ1v) is 10.9. The lowest BCUT2D eigenvalue weighted by molar-refractivity contribution is -0.104. The number of hydrogen-bond acceptors (Lipinski definition) is 5. The zero-order chi connectivity index (χ0) is 23.1. The lowest BCUT2D eigenvalue weighted by atomic mass is 10.2. The van der Waals surface area contributed by atoms with E-state index in [1.54, 1.807) is 12.3 Å². The lowest BCUT2D eigenvalue weighted by Gasteiger charge is -2.17. The molecule has 2 N–H and O–H groups in total. The van der Waals surface area contributed by atoms with Crippen molar-refractivity contribution >= 4 is 6.29 Å². The third kappa shape index (κ3) is 8.77. The van der Waals surface area contributed by atoms with Crippen molar-refractivity contribution in [1.82, 2.24) is 5.32 Å².